The van der Waals surface area contributed by atoms with Crippen molar-refractivity contribution in [1.29, 1.82) is 0 Å². The Balaban J connectivity index is 0.000000444. The predicted octanol–water partition coefficient (Wildman–Crippen LogP) is 8.54. The monoisotopic (exact) mass is 492 g/mol. The van der Waals surface area contributed by atoms with Gasteiger partial charge in [0.05, 0.1) is 0 Å². The second kappa shape index (κ2) is 19.9. The van der Waals surface area contributed by atoms with E-state index in [1.807, 2.05) is 12.1 Å². The lowest BCUT2D eigenvalue weighted by atomic mass is 10.1. The molecule has 0 fully saturated rings. The highest BCUT2D eigenvalue weighted by Crippen LogP contribution is 2.08. The summed E-state index contributed by atoms with van der Waals surface area (Å²) in [5.74, 6) is 10.3. The van der Waals surface area contributed by atoms with Gasteiger partial charge in [-0.15, -0.1) is 35.5 Å². The Labute approximate surface area is 196 Å². The summed E-state index contributed by atoms with van der Waals surface area (Å²) in [7, 11) is 0. The van der Waals surface area contributed by atoms with Crippen LogP contribution >= 0.6 is 39.1 Å². The van der Waals surface area contributed by atoms with Gasteiger partial charge >= 0.3 is 0 Å². The van der Waals surface area contributed by atoms with Gasteiger partial charge in [-0.1, -0.05) is 63.2 Å². The third-order valence-corrected chi connectivity index (χ3v) is 4.75. The van der Waals surface area contributed by atoms with Crippen molar-refractivity contribution >= 4 is 39.1 Å². The predicted molar refractivity (Wildman–Crippen MR) is 135 cm³/mol. The van der Waals surface area contributed by atoms with Gasteiger partial charge in [-0.05, 0) is 63.8 Å². The first-order chi connectivity index (χ1) is 14.0. The SMILES string of the molecule is C#CCCCCCl.Cc1ccc(Br)cc1.Cc1ccc(C#CCCCCCl)cc1. The summed E-state index contributed by atoms with van der Waals surface area (Å²) < 4.78 is 1.14. The van der Waals surface area contributed by atoms with E-state index in [-0.39, 0.29) is 0 Å². The summed E-state index contributed by atoms with van der Waals surface area (Å²) in [6.07, 6.45) is 11.1. The minimum Gasteiger partial charge on any atom is -0.127 e. The lowest BCUT2D eigenvalue weighted by Gasteiger charge is -1.91. The van der Waals surface area contributed by atoms with Gasteiger partial charge in [0.1, 0.15) is 0 Å². The number of hydrogen-bond donors (Lipinski definition) is 0. The molecule has 2 aromatic rings. The number of unbranched alkanes of at least 4 members (excludes halogenated alkanes) is 4. The Morgan fingerprint density at radius 3 is 1.69 bits per heavy atom. The lowest BCUT2D eigenvalue weighted by Crippen LogP contribution is -1.77. The van der Waals surface area contributed by atoms with Crippen LogP contribution in [0.1, 0.15) is 55.2 Å². The van der Waals surface area contributed by atoms with Crippen LogP contribution in [0.25, 0.3) is 0 Å². The van der Waals surface area contributed by atoms with Crippen LogP contribution in [0.2, 0.25) is 0 Å². The largest absolute Gasteiger partial charge is 0.127 e. The number of terminal acetylenes is 1. The van der Waals surface area contributed by atoms with E-state index in [2.05, 4.69) is 83.9 Å². The molecule has 0 saturated heterocycles. The molecule has 2 rings (SSSR count). The first kappa shape index (κ1) is 27.6. The van der Waals surface area contributed by atoms with E-state index >= 15 is 0 Å². The van der Waals surface area contributed by atoms with E-state index < -0.39 is 0 Å². The summed E-state index contributed by atoms with van der Waals surface area (Å²) in [5, 5.41) is 0. The second-order valence-corrected chi connectivity index (χ2v) is 8.13. The molecule has 0 atom stereocenters. The fourth-order valence-corrected chi connectivity index (χ4v) is 2.61. The topological polar surface area (TPSA) is 0 Å². The van der Waals surface area contributed by atoms with E-state index in [1.54, 1.807) is 0 Å². The highest BCUT2D eigenvalue weighted by Gasteiger charge is 1.86. The zero-order chi connectivity index (χ0) is 21.7. The maximum absolute atomic E-state index is 5.57. The molecule has 29 heavy (non-hydrogen) atoms. The van der Waals surface area contributed by atoms with Crippen LogP contribution in [0.4, 0.5) is 0 Å². The molecular formula is C26H31BrCl2. The van der Waals surface area contributed by atoms with Gasteiger partial charge in [-0.2, -0.15) is 0 Å². The van der Waals surface area contributed by atoms with Crippen molar-refractivity contribution in [2.75, 3.05) is 11.8 Å². The second-order valence-electron chi connectivity index (χ2n) is 6.46. The van der Waals surface area contributed by atoms with Crippen molar-refractivity contribution < 1.29 is 0 Å². The Hall–Kier alpha value is -1.38. The molecule has 0 N–H and O–H groups in total. The normalized spacial score (nSPS) is 8.97. The zero-order valence-electron chi connectivity index (χ0n) is 17.5. The third-order valence-electron chi connectivity index (χ3n) is 3.69. The highest BCUT2D eigenvalue weighted by atomic mass is 79.9. The minimum absolute atomic E-state index is 0.738. The van der Waals surface area contributed by atoms with Crippen LogP contribution in [0, 0.1) is 38.0 Å². The molecular weight excluding hydrogens is 463 g/mol. The molecule has 0 aliphatic heterocycles. The Morgan fingerprint density at radius 1 is 0.759 bits per heavy atom. The van der Waals surface area contributed by atoms with Gasteiger partial charge in [-0.3, -0.25) is 0 Å². The van der Waals surface area contributed by atoms with Gasteiger partial charge in [0.15, 0.2) is 0 Å². The number of aryl methyl sites for hydroxylation is 2. The first-order valence-corrected chi connectivity index (χ1v) is 11.7. The van der Waals surface area contributed by atoms with Crippen LogP contribution in [-0.4, -0.2) is 11.8 Å². The fourth-order valence-electron chi connectivity index (χ4n) is 1.96. The van der Waals surface area contributed by atoms with Crippen LogP contribution in [-0.2, 0) is 0 Å². The van der Waals surface area contributed by atoms with Crippen LogP contribution in [0.3, 0.4) is 0 Å². The standard InChI is InChI=1S/C13H15Cl.C7H7Br.C6H9Cl/c1-12-7-9-13(10-8-12)6-4-2-3-5-11-14;1-6-2-4-7(8)5-3-6;1-2-3-4-5-6-7/h7-10H,2-3,5,11H2,1H3;2-5H,1H3;1H,3-6H2. The Bertz CT molecular complexity index is 711. The Morgan fingerprint density at radius 2 is 1.24 bits per heavy atom. The first-order valence-electron chi connectivity index (χ1n) is 9.86. The van der Waals surface area contributed by atoms with E-state index in [4.69, 9.17) is 29.6 Å². The molecule has 0 radical (unpaired) electrons. The van der Waals surface area contributed by atoms with Gasteiger partial charge in [-0.25, -0.2) is 0 Å². The average molecular weight is 494 g/mol. The van der Waals surface area contributed by atoms with Gasteiger partial charge in [0.25, 0.3) is 0 Å². The summed E-state index contributed by atoms with van der Waals surface area (Å²) >= 11 is 14.3. The number of rotatable bonds is 6. The van der Waals surface area contributed by atoms with E-state index in [0.29, 0.717) is 0 Å². The average Bonchev–Trinajstić information content (AvgIpc) is 2.73. The van der Waals surface area contributed by atoms with Crippen LogP contribution in [0.5, 0.6) is 0 Å². The molecule has 0 aromatic heterocycles. The molecule has 156 valence electrons. The highest BCUT2D eigenvalue weighted by molar-refractivity contribution is 9.10. The number of alkyl halides is 2. The van der Waals surface area contributed by atoms with Gasteiger partial charge in [0, 0.05) is 34.6 Å². The number of benzene rings is 2. The van der Waals surface area contributed by atoms with Crippen molar-refractivity contribution in [1.82, 2.24) is 0 Å². The minimum atomic E-state index is 0.738. The van der Waals surface area contributed by atoms with Crippen molar-refractivity contribution in [3.63, 3.8) is 0 Å². The van der Waals surface area contributed by atoms with E-state index in [1.165, 1.54) is 11.1 Å². The van der Waals surface area contributed by atoms with Crippen molar-refractivity contribution in [2.24, 2.45) is 0 Å². The van der Waals surface area contributed by atoms with Crippen LogP contribution in [0.15, 0.2) is 53.0 Å². The molecule has 0 amide bonds. The molecule has 0 bridgehead atoms. The maximum atomic E-state index is 5.57. The zero-order valence-corrected chi connectivity index (χ0v) is 20.6. The maximum Gasteiger partial charge on any atom is 0.0245 e. The van der Waals surface area contributed by atoms with Gasteiger partial charge in [0.2, 0.25) is 0 Å². The summed E-state index contributed by atoms with van der Waals surface area (Å²) in [6.45, 7) is 4.16. The lowest BCUT2D eigenvalue weighted by molar-refractivity contribution is 0.833. The number of halogens is 3. The number of hydrogen-bond acceptors (Lipinski definition) is 0. The molecule has 0 aliphatic carbocycles. The van der Waals surface area contributed by atoms with Crippen molar-refractivity contribution in [3.8, 4) is 24.2 Å². The fraction of sp³-hybridized carbons (Fsp3) is 0.385. The quantitative estimate of drug-likeness (QED) is 0.215. The van der Waals surface area contributed by atoms with Gasteiger partial charge < -0.3 is 0 Å². The summed E-state index contributed by atoms with van der Waals surface area (Å²) in [5.41, 5.74) is 3.67. The molecule has 2 aromatic carbocycles. The molecule has 0 aliphatic rings. The van der Waals surface area contributed by atoms with E-state index in [9.17, 15) is 0 Å². The molecule has 0 saturated carbocycles. The smallest absolute Gasteiger partial charge is 0.0245 e. The molecule has 0 unspecified atom stereocenters. The molecule has 0 heterocycles. The third kappa shape index (κ3) is 18.4. The van der Waals surface area contributed by atoms with Crippen LogP contribution < -0.4 is 0 Å². The van der Waals surface area contributed by atoms with E-state index in [0.717, 1.165) is 60.3 Å². The van der Waals surface area contributed by atoms with Crippen molar-refractivity contribution in [2.45, 2.75) is 52.4 Å². The molecule has 0 spiro atoms. The molecule has 0 nitrogen and oxygen atoms in total. The summed E-state index contributed by atoms with van der Waals surface area (Å²) in [6, 6.07) is 16.5. The summed E-state index contributed by atoms with van der Waals surface area (Å²) in [4.78, 5) is 0. The van der Waals surface area contributed by atoms with Crippen molar-refractivity contribution in [3.05, 3.63) is 69.7 Å². The molecule has 3 heteroatoms. The Kier molecular flexibility index (Phi) is 19.0.